The van der Waals surface area contributed by atoms with Crippen molar-refractivity contribution in [1.29, 1.82) is 0 Å². The van der Waals surface area contributed by atoms with Gasteiger partial charge in [-0.1, -0.05) is 11.8 Å². The van der Waals surface area contributed by atoms with Gasteiger partial charge in [0.05, 0.1) is 19.7 Å². The van der Waals surface area contributed by atoms with Crippen molar-refractivity contribution in [3.63, 3.8) is 0 Å². The van der Waals surface area contributed by atoms with E-state index in [4.69, 9.17) is 14.6 Å². The SMILES string of the molecule is COc1ccc(C=NN=C2NC(=O)C(CC(=O)O)S2)cc1COc1c(F)c(F)c(F)c(F)c1F. The highest BCUT2D eigenvalue weighted by atomic mass is 32.2. The second-order valence-electron chi connectivity index (χ2n) is 6.60. The van der Waals surface area contributed by atoms with Crippen molar-refractivity contribution in [3.8, 4) is 11.5 Å². The number of methoxy groups -OCH3 is 1. The minimum atomic E-state index is -2.30. The lowest BCUT2D eigenvalue weighted by molar-refractivity contribution is -0.138. The molecule has 0 spiro atoms. The summed E-state index contributed by atoms with van der Waals surface area (Å²) in [5.74, 6) is -13.7. The van der Waals surface area contributed by atoms with Crippen LogP contribution in [0, 0.1) is 29.1 Å². The Morgan fingerprint density at radius 1 is 1.15 bits per heavy atom. The minimum Gasteiger partial charge on any atom is -0.496 e. The number of hydrogen-bond acceptors (Lipinski definition) is 7. The summed E-state index contributed by atoms with van der Waals surface area (Å²) in [5.41, 5.74) is 0.575. The van der Waals surface area contributed by atoms with E-state index in [0.29, 0.717) is 5.56 Å². The lowest BCUT2D eigenvalue weighted by Gasteiger charge is -2.13. The molecule has 8 nitrogen and oxygen atoms in total. The molecule has 0 aliphatic carbocycles. The molecule has 0 bridgehead atoms. The molecule has 1 heterocycles. The molecule has 0 radical (unpaired) electrons. The number of benzene rings is 2. The fourth-order valence-electron chi connectivity index (χ4n) is 2.75. The zero-order valence-electron chi connectivity index (χ0n) is 17.1. The Hall–Kier alpha value is -3.68. The van der Waals surface area contributed by atoms with Crippen LogP contribution in [0.1, 0.15) is 17.5 Å². The van der Waals surface area contributed by atoms with Gasteiger partial charge in [0.15, 0.2) is 10.9 Å². The number of carbonyl (C=O) groups is 2. The molecule has 2 aromatic carbocycles. The second-order valence-corrected chi connectivity index (χ2v) is 7.79. The van der Waals surface area contributed by atoms with Crippen molar-refractivity contribution in [1.82, 2.24) is 5.32 Å². The topological polar surface area (TPSA) is 110 Å². The fourth-order valence-corrected chi connectivity index (χ4v) is 3.66. The summed E-state index contributed by atoms with van der Waals surface area (Å²) < 4.78 is 77.5. The summed E-state index contributed by atoms with van der Waals surface area (Å²) in [6.45, 7) is -0.611. The molecule has 34 heavy (non-hydrogen) atoms. The molecule has 1 fully saturated rings. The third kappa shape index (κ3) is 5.44. The van der Waals surface area contributed by atoms with Crippen molar-refractivity contribution >= 4 is 35.0 Å². The summed E-state index contributed by atoms with van der Waals surface area (Å²) in [5, 5.41) is 18.0. The number of hydrogen-bond donors (Lipinski definition) is 2. The third-order valence-corrected chi connectivity index (χ3v) is 5.41. The van der Waals surface area contributed by atoms with E-state index >= 15 is 0 Å². The normalized spacial score (nSPS) is 16.8. The number of ether oxygens (including phenoxy) is 2. The Morgan fingerprint density at radius 3 is 2.41 bits per heavy atom. The number of carbonyl (C=O) groups excluding carboxylic acids is 1. The number of aliphatic carboxylic acids is 1. The van der Waals surface area contributed by atoms with Crippen molar-refractivity contribution < 1.29 is 46.1 Å². The van der Waals surface area contributed by atoms with Gasteiger partial charge in [0.2, 0.25) is 35.0 Å². The van der Waals surface area contributed by atoms with E-state index in [1.54, 1.807) is 0 Å². The van der Waals surface area contributed by atoms with Gasteiger partial charge in [0.1, 0.15) is 17.6 Å². The minimum absolute atomic E-state index is 0.0934. The highest BCUT2D eigenvalue weighted by molar-refractivity contribution is 8.15. The number of rotatable bonds is 8. The number of amides is 1. The van der Waals surface area contributed by atoms with Crippen molar-refractivity contribution in [2.45, 2.75) is 18.3 Å². The number of halogens is 5. The van der Waals surface area contributed by atoms with Gasteiger partial charge in [-0.15, -0.1) is 5.10 Å². The standard InChI is InChI=1S/C20H14F5N3O5S/c1-32-10-3-2-8(6-26-28-20-27-19(31)11(34-20)5-12(29)30)4-9(10)7-33-18-16(24)14(22)13(21)15(23)17(18)25/h2-4,6,11H,5,7H2,1H3,(H,29,30)(H,27,28,31). The summed E-state index contributed by atoms with van der Waals surface area (Å²) in [6, 6.07) is 4.38. The van der Waals surface area contributed by atoms with Crippen LogP contribution in [0.15, 0.2) is 28.4 Å². The Kier molecular flexibility index (Phi) is 7.71. The summed E-state index contributed by atoms with van der Waals surface area (Å²) >= 11 is 0.899. The van der Waals surface area contributed by atoms with Crippen molar-refractivity contribution in [2.75, 3.05) is 7.11 Å². The largest absolute Gasteiger partial charge is 0.496 e. The molecule has 3 rings (SSSR count). The molecular weight excluding hydrogens is 489 g/mol. The van der Waals surface area contributed by atoms with Crippen molar-refractivity contribution in [3.05, 3.63) is 58.4 Å². The van der Waals surface area contributed by atoms with Crippen LogP contribution in [0.3, 0.4) is 0 Å². The van der Waals surface area contributed by atoms with E-state index < -0.39 is 58.6 Å². The molecule has 2 N–H and O–H groups in total. The monoisotopic (exact) mass is 503 g/mol. The number of nitrogens with zero attached hydrogens (tertiary/aromatic N) is 2. The summed E-state index contributed by atoms with van der Waals surface area (Å²) in [7, 11) is 1.30. The Morgan fingerprint density at radius 2 is 1.79 bits per heavy atom. The fraction of sp³-hybridized carbons (Fsp3) is 0.200. The lowest BCUT2D eigenvalue weighted by atomic mass is 10.1. The zero-order valence-corrected chi connectivity index (χ0v) is 17.9. The molecule has 1 aliphatic heterocycles. The molecule has 1 unspecified atom stereocenters. The predicted octanol–water partition coefficient (Wildman–Crippen LogP) is 3.37. The van der Waals surface area contributed by atoms with Crippen LogP contribution < -0.4 is 14.8 Å². The number of nitrogens with one attached hydrogen (secondary N) is 1. The van der Waals surface area contributed by atoms with Crippen LogP contribution in [0.25, 0.3) is 0 Å². The van der Waals surface area contributed by atoms with Gasteiger partial charge in [-0.25, -0.2) is 13.2 Å². The van der Waals surface area contributed by atoms with Gasteiger partial charge in [-0.05, 0) is 23.8 Å². The van der Waals surface area contributed by atoms with Gasteiger partial charge in [0.25, 0.3) is 0 Å². The Balaban J connectivity index is 1.76. The van der Waals surface area contributed by atoms with E-state index in [-0.39, 0.29) is 22.9 Å². The molecule has 1 atom stereocenters. The van der Waals surface area contributed by atoms with E-state index in [1.807, 2.05) is 0 Å². The van der Waals surface area contributed by atoms with Crippen LogP contribution in [0.5, 0.6) is 11.5 Å². The summed E-state index contributed by atoms with van der Waals surface area (Å²) in [6.07, 6.45) is 0.857. The number of thioether (sulfide) groups is 1. The Labute approximate surface area is 192 Å². The third-order valence-electron chi connectivity index (χ3n) is 4.34. The zero-order chi connectivity index (χ0) is 25.0. The first kappa shape index (κ1) is 25.0. The average Bonchev–Trinajstić information content (AvgIpc) is 3.14. The smallest absolute Gasteiger partial charge is 0.305 e. The number of amidine groups is 1. The van der Waals surface area contributed by atoms with Crippen molar-refractivity contribution in [2.24, 2.45) is 10.2 Å². The van der Waals surface area contributed by atoms with Gasteiger partial charge in [-0.2, -0.15) is 13.9 Å². The average molecular weight is 503 g/mol. The van der Waals surface area contributed by atoms with E-state index in [1.165, 1.54) is 31.5 Å². The highest BCUT2D eigenvalue weighted by Gasteiger charge is 2.32. The van der Waals surface area contributed by atoms with Crippen LogP contribution in [-0.4, -0.2) is 40.7 Å². The van der Waals surface area contributed by atoms with Gasteiger partial charge < -0.3 is 19.9 Å². The first-order valence-electron chi connectivity index (χ1n) is 9.23. The van der Waals surface area contributed by atoms with Crippen LogP contribution >= 0.6 is 11.8 Å². The second kappa shape index (κ2) is 10.5. The quantitative estimate of drug-likeness (QED) is 0.188. The molecule has 0 saturated carbocycles. The van der Waals surface area contributed by atoms with Gasteiger partial charge in [0, 0.05) is 5.56 Å². The molecule has 1 aliphatic rings. The van der Waals surface area contributed by atoms with Crippen LogP contribution in [-0.2, 0) is 16.2 Å². The lowest BCUT2D eigenvalue weighted by Crippen LogP contribution is -2.26. The first-order valence-corrected chi connectivity index (χ1v) is 10.1. The molecule has 2 aromatic rings. The van der Waals surface area contributed by atoms with E-state index in [9.17, 15) is 31.5 Å². The van der Waals surface area contributed by atoms with Gasteiger partial charge >= 0.3 is 5.97 Å². The number of carboxylic acid groups (broad SMARTS) is 1. The maximum atomic E-state index is 13.8. The highest BCUT2D eigenvalue weighted by Crippen LogP contribution is 2.31. The van der Waals surface area contributed by atoms with Crippen LogP contribution in [0.2, 0.25) is 0 Å². The summed E-state index contributed by atoms with van der Waals surface area (Å²) in [4.78, 5) is 22.4. The number of carboxylic acids is 1. The molecule has 0 aromatic heterocycles. The molecule has 14 heteroatoms. The van der Waals surface area contributed by atoms with E-state index in [2.05, 4.69) is 15.5 Å². The molecule has 1 amide bonds. The van der Waals surface area contributed by atoms with Crippen LogP contribution in [0.4, 0.5) is 22.0 Å². The van der Waals surface area contributed by atoms with Gasteiger partial charge in [-0.3, -0.25) is 9.59 Å². The maximum absolute atomic E-state index is 13.8. The first-order chi connectivity index (χ1) is 16.1. The molecular formula is C20H14F5N3O5S. The van der Waals surface area contributed by atoms with E-state index in [0.717, 1.165) is 11.8 Å². The Bertz CT molecular complexity index is 1180. The predicted molar refractivity (Wildman–Crippen MR) is 110 cm³/mol. The molecule has 1 saturated heterocycles. The molecule has 180 valence electrons. The maximum Gasteiger partial charge on any atom is 0.305 e.